The standard InChI is InChI=1S/C30H33N3O9/c1-32(2)24-18-12-14-11-17-16(20-6-3-15(42-20)13-33-7-9-41-10-8-33)4-5-19(34)22(17)25(35)21(14)27(37)30(18,40)28(38)23(26(24)36)29(31)39/h3-6,14,18,24,34,36-37,40H,7-13H2,1-2H3,(H2,31,39)/t14-,18-,24-,30-/m1/s1. The van der Waals surface area contributed by atoms with Crippen molar-refractivity contribution in [3.05, 3.63) is 63.8 Å². The number of primary amides is 1. The zero-order chi connectivity index (χ0) is 30.1. The molecule has 2 heterocycles. The second-order valence-electron chi connectivity index (χ2n) is 11.6. The van der Waals surface area contributed by atoms with E-state index in [-0.39, 0.29) is 29.7 Å². The van der Waals surface area contributed by atoms with Gasteiger partial charge >= 0.3 is 0 Å². The van der Waals surface area contributed by atoms with Gasteiger partial charge in [0.05, 0.1) is 31.4 Å². The number of hydrogen-bond acceptors (Lipinski definition) is 11. The maximum atomic E-state index is 13.9. The number of carbonyl (C=O) groups excluding carboxylic acids is 3. The Kier molecular flexibility index (Phi) is 6.76. The smallest absolute Gasteiger partial charge is 0.255 e. The molecule has 42 heavy (non-hydrogen) atoms. The number of allylic oxidation sites excluding steroid dienone is 1. The number of nitrogens with zero attached hydrogens (tertiary/aromatic N) is 2. The van der Waals surface area contributed by atoms with Crippen LogP contribution in [0, 0.1) is 11.8 Å². The van der Waals surface area contributed by atoms with Crippen LogP contribution in [0.25, 0.3) is 11.3 Å². The van der Waals surface area contributed by atoms with Crippen molar-refractivity contribution in [2.45, 2.75) is 31.0 Å². The average Bonchev–Trinajstić information content (AvgIpc) is 3.39. The van der Waals surface area contributed by atoms with Crippen LogP contribution < -0.4 is 5.73 Å². The minimum absolute atomic E-state index is 0.0152. The molecule has 1 aliphatic heterocycles. The number of ether oxygens (including phenoxy) is 1. The van der Waals surface area contributed by atoms with E-state index >= 15 is 0 Å². The molecule has 4 aliphatic rings. The Morgan fingerprint density at radius 1 is 1.12 bits per heavy atom. The zero-order valence-corrected chi connectivity index (χ0v) is 23.3. The van der Waals surface area contributed by atoms with E-state index in [1.165, 1.54) is 11.0 Å². The van der Waals surface area contributed by atoms with E-state index in [2.05, 4.69) is 4.90 Å². The lowest BCUT2D eigenvalue weighted by molar-refractivity contribution is -0.148. The van der Waals surface area contributed by atoms with Crippen LogP contribution >= 0.6 is 0 Å². The summed E-state index contributed by atoms with van der Waals surface area (Å²) in [5.41, 5.74) is 2.74. The lowest BCUT2D eigenvalue weighted by Gasteiger charge is -2.50. The monoisotopic (exact) mass is 579 g/mol. The molecule has 0 saturated carbocycles. The number of aromatic hydroxyl groups is 1. The predicted octanol–water partition coefficient (Wildman–Crippen LogP) is 1.21. The van der Waals surface area contributed by atoms with Crippen molar-refractivity contribution in [3.63, 3.8) is 0 Å². The number of hydrogen-bond donors (Lipinski definition) is 5. The second kappa shape index (κ2) is 10.1. The van der Waals surface area contributed by atoms with Gasteiger partial charge in [-0.3, -0.25) is 24.2 Å². The molecular formula is C30H33N3O9. The molecule has 1 amide bonds. The van der Waals surface area contributed by atoms with Gasteiger partial charge in [-0.15, -0.1) is 0 Å². The van der Waals surface area contributed by atoms with Crippen LogP contribution in [0.3, 0.4) is 0 Å². The summed E-state index contributed by atoms with van der Waals surface area (Å²) >= 11 is 0. The zero-order valence-electron chi connectivity index (χ0n) is 23.3. The van der Waals surface area contributed by atoms with E-state index in [0.29, 0.717) is 36.6 Å². The van der Waals surface area contributed by atoms with Gasteiger partial charge in [-0.1, -0.05) is 0 Å². The molecule has 0 radical (unpaired) electrons. The van der Waals surface area contributed by atoms with Crippen LogP contribution in [-0.2, 0) is 27.3 Å². The molecule has 6 rings (SSSR count). The van der Waals surface area contributed by atoms with E-state index in [9.17, 15) is 34.8 Å². The number of aliphatic hydroxyl groups excluding tert-OH is 2. The molecule has 1 aromatic heterocycles. The fourth-order valence-electron chi connectivity index (χ4n) is 7.07. The topological polar surface area (TPSA) is 187 Å². The molecule has 1 fully saturated rings. The van der Waals surface area contributed by atoms with Crippen molar-refractivity contribution in [2.75, 3.05) is 40.4 Å². The largest absolute Gasteiger partial charge is 0.510 e. The van der Waals surface area contributed by atoms with Crippen molar-refractivity contribution in [1.29, 1.82) is 0 Å². The highest BCUT2D eigenvalue weighted by Crippen LogP contribution is 2.53. The Hall–Kier alpha value is -3.97. The Morgan fingerprint density at radius 2 is 1.83 bits per heavy atom. The van der Waals surface area contributed by atoms with Crippen LogP contribution in [0.5, 0.6) is 5.75 Å². The van der Waals surface area contributed by atoms with E-state index in [4.69, 9.17) is 14.9 Å². The molecule has 3 aliphatic carbocycles. The normalized spacial score (nSPS) is 28.1. The molecule has 6 N–H and O–H groups in total. The summed E-state index contributed by atoms with van der Waals surface area (Å²) in [5, 5.41) is 44.9. The molecule has 12 heteroatoms. The number of phenols is 1. The van der Waals surface area contributed by atoms with Gasteiger partial charge in [0.25, 0.3) is 5.91 Å². The number of carbonyl (C=O) groups is 3. The number of furan rings is 1. The number of rotatable bonds is 5. The number of morpholine rings is 1. The molecule has 12 nitrogen and oxygen atoms in total. The number of amides is 1. The SMILES string of the molecule is CN(C)[C@H]1C(O)=C(C(N)=O)C(=O)[C@]2(O)C(O)=C3C(=O)c4c(O)ccc(-c5ccc(CN6CCOCC6)o5)c4C[C@@H]3C[C@H]12. The molecular weight excluding hydrogens is 546 g/mol. The van der Waals surface area contributed by atoms with Gasteiger partial charge in [0, 0.05) is 30.1 Å². The van der Waals surface area contributed by atoms with Crippen LogP contribution in [0.15, 0.2) is 51.3 Å². The molecule has 2 aromatic rings. The molecule has 4 atom stereocenters. The van der Waals surface area contributed by atoms with Gasteiger partial charge in [-0.25, -0.2) is 0 Å². The van der Waals surface area contributed by atoms with Gasteiger partial charge in [0.2, 0.25) is 5.78 Å². The molecule has 0 spiro atoms. The summed E-state index contributed by atoms with van der Waals surface area (Å²) in [4.78, 5) is 43.2. The number of likely N-dealkylation sites (N-methyl/N-ethyl adjacent to an activating group) is 1. The fraction of sp³-hybridized carbons (Fsp3) is 0.433. The maximum absolute atomic E-state index is 13.9. The van der Waals surface area contributed by atoms with Crippen LogP contribution in [-0.4, -0.2) is 99.7 Å². The quantitative estimate of drug-likeness (QED) is 0.321. The third-order valence-electron chi connectivity index (χ3n) is 9.02. The first-order valence-electron chi connectivity index (χ1n) is 13.8. The van der Waals surface area contributed by atoms with Crippen molar-refractivity contribution >= 4 is 17.5 Å². The predicted molar refractivity (Wildman–Crippen MR) is 147 cm³/mol. The Bertz CT molecular complexity index is 1570. The lowest BCUT2D eigenvalue weighted by Crippen LogP contribution is -2.63. The molecule has 0 unspecified atom stereocenters. The van der Waals surface area contributed by atoms with Gasteiger partial charge in [0.15, 0.2) is 11.4 Å². The third kappa shape index (κ3) is 4.09. The maximum Gasteiger partial charge on any atom is 0.255 e. The number of Topliss-reactive ketones (excluding diaryl/α,β-unsaturated/α-hetero) is 2. The highest BCUT2D eigenvalue weighted by Gasteiger charge is 2.63. The van der Waals surface area contributed by atoms with Crippen molar-refractivity contribution in [2.24, 2.45) is 17.6 Å². The number of ketones is 2. The summed E-state index contributed by atoms with van der Waals surface area (Å²) in [6.45, 7) is 3.47. The first-order chi connectivity index (χ1) is 19.9. The van der Waals surface area contributed by atoms with Crippen LogP contribution in [0.2, 0.25) is 0 Å². The molecule has 1 aromatic carbocycles. The minimum Gasteiger partial charge on any atom is -0.510 e. The number of aliphatic hydroxyl groups is 3. The fourth-order valence-corrected chi connectivity index (χ4v) is 7.07. The van der Waals surface area contributed by atoms with Crippen molar-refractivity contribution < 1.29 is 44.0 Å². The summed E-state index contributed by atoms with van der Waals surface area (Å²) in [5.74, 6) is -5.58. The molecule has 1 saturated heterocycles. The van der Waals surface area contributed by atoms with E-state index in [1.807, 2.05) is 12.1 Å². The Balaban J connectivity index is 1.43. The highest BCUT2D eigenvalue weighted by atomic mass is 16.5. The van der Waals surface area contributed by atoms with E-state index in [1.54, 1.807) is 20.2 Å². The number of benzene rings is 1. The molecule has 0 bridgehead atoms. The average molecular weight is 580 g/mol. The third-order valence-corrected chi connectivity index (χ3v) is 9.02. The van der Waals surface area contributed by atoms with E-state index in [0.717, 1.165) is 18.8 Å². The van der Waals surface area contributed by atoms with Crippen molar-refractivity contribution in [3.8, 4) is 17.1 Å². The summed E-state index contributed by atoms with van der Waals surface area (Å²) < 4.78 is 11.6. The van der Waals surface area contributed by atoms with Gasteiger partial charge in [-0.05, 0) is 62.7 Å². The van der Waals surface area contributed by atoms with Gasteiger partial charge in [0.1, 0.15) is 34.4 Å². The number of fused-ring (bicyclic) bond motifs is 3. The van der Waals surface area contributed by atoms with Crippen molar-refractivity contribution in [1.82, 2.24) is 9.80 Å². The Morgan fingerprint density at radius 3 is 2.50 bits per heavy atom. The summed E-state index contributed by atoms with van der Waals surface area (Å²) in [6.07, 6.45) is 0.194. The highest BCUT2D eigenvalue weighted by molar-refractivity contribution is 6.24. The Labute approximate surface area is 241 Å². The second-order valence-corrected chi connectivity index (χ2v) is 11.6. The van der Waals surface area contributed by atoms with Gasteiger partial charge in [-0.2, -0.15) is 0 Å². The minimum atomic E-state index is -2.67. The number of phenolic OH excluding ortho intramolecular Hbond substituents is 1. The lowest BCUT2D eigenvalue weighted by atomic mass is 9.58. The summed E-state index contributed by atoms with van der Waals surface area (Å²) in [7, 11) is 3.18. The van der Waals surface area contributed by atoms with E-state index < -0.39 is 58.0 Å². The van der Waals surface area contributed by atoms with Crippen LogP contribution in [0.1, 0.15) is 28.1 Å². The molecule has 222 valence electrons. The first kappa shape index (κ1) is 28.2. The summed E-state index contributed by atoms with van der Waals surface area (Å²) in [6, 6.07) is 5.67. The number of nitrogens with two attached hydrogens (primary N) is 1. The first-order valence-corrected chi connectivity index (χ1v) is 13.8. The van der Waals surface area contributed by atoms with Crippen LogP contribution in [0.4, 0.5) is 0 Å². The van der Waals surface area contributed by atoms with Gasteiger partial charge < -0.3 is 35.3 Å².